The highest BCUT2D eigenvalue weighted by Gasteiger charge is 2.35. The number of hydrogen-bond donors (Lipinski definition) is 1. The summed E-state index contributed by atoms with van der Waals surface area (Å²) in [5, 5.41) is 3.79. The summed E-state index contributed by atoms with van der Waals surface area (Å²) < 4.78 is 5.54. The quantitative estimate of drug-likeness (QED) is 0.281. The molecular formula is C26H18Cl4N2O4S. The molecule has 0 saturated carbocycles. The molecule has 0 aromatic heterocycles. The van der Waals surface area contributed by atoms with Crippen LogP contribution < -0.4 is 10.1 Å². The number of amides is 3. The molecule has 190 valence electrons. The van der Waals surface area contributed by atoms with Crippen molar-refractivity contribution in [3.8, 4) is 5.75 Å². The summed E-state index contributed by atoms with van der Waals surface area (Å²) in [7, 11) is 0. The number of nitrogens with zero attached hydrogens (tertiary/aromatic N) is 1. The maximum atomic E-state index is 12.9. The highest BCUT2D eigenvalue weighted by Crippen LogP contribution is 2.36. The van der Waals surface area contributed by atoms with Crippen LogP contribution in [0, 0.1) is 6.92 Å². The molecule has 1 aliphatic rings. The van der Waals surface area contributed by atoms with Gasteiger partial charge in [-0.3, -0.25) is 19.3 Å². The van der Waals surface area contributed by atoms with E-state index in [0.717, 1.165) is 22.2 Å². The van der Waals surface area contributed by atoms with Crippen molar-refractivity contribution < 1.29 is 19.1 Å². The van der Waals surface area contributed by atoms with Gasteiger partial charge in [0.15, 0.2) is 6.61 Å². The van der Waals surface area contributed by atoms with Crippen LogP contribution in [0.2, 0.25) is 20.1 Å². The topological polar surface area (TPSA) is 75.7 Å². The number of thioether (sulfide) groups is 1. The Morgan fingerprint density at radius 2 is 1.70 bits per heavy atom. The third-order valence-electron chi connectivity index (χ3n) is 5.32. The van der Waals surface area contributed by atoms with E-state index in [1.807, 2.05) is 6.92 Å². The van der Waals surface area contributed by atoms with Crippen LogP contribution in [-0.4, -0.2) is 28.6 Å². The number of halogens is 4. The van der Waals surface area contributed by atoms with Gasteiger partial charge in [0, 0.05) is 26.3 Å². The molecule has 0 radical (unpaired) electrons. The fourth-order valence-corrected chi connectivity index (χ4v) is 5.14. The Morgan fingerprint density at radius 3 is 2.38 bits per heavy atom. The maximum Gasteiger partial charge on any atom is 0.293 e. The second-order valence-corrected chi connectivity index (χ2v) is 10.6. The van der Waals surface area contributed by atoms with Gasteiger partial charge in [0.2, 0.25) is 0 Å². The Hall–Kier alpha value is -2.68. The maximum absolute atomic E-state index is 12.9. The minimum Gasteiger partial charge on any atom is -0.482 e. The lowest BCUT2D eigenvalue weighted by molar-refractivity contribution is -0.123. The predicted octanol–water partition coefficient (Wildman–Crippen LogP) is 7.86. The largest absolute Gasteiger partial charge is 0.482 e. The number of rotatable bonds is 7. The average Bonchev–Trinajstić information content (AvgIpc) is 3.10. The predicted molar refractivity (Wildman–Crippen MR) is 150 cm³/mol. The molecule has 4 rings (SSSR count). The third-order valence-corrected chi connectivity index (χ3v) is 7.64. The van der Waals surface area contributed by atoms with Crippen LogP contribution in [-0.2, 0) is 16.1 Å². The van der Waals surface area contributed by atoms with Gasteiger partial charge in [-0.2, -0.15) is 0 Å². The van der Waals surface area contributed by atoms with Crippen molar-refractivity contribution in [1.29, 1.82) is 0 Å². The second kappa shape index (κ2) is 11.8. The molecule has 3 aromatic rings. The molecule has 11 heteroatoms. The molecule has 0 aliphatic carbocycles. The standard InChI is InChI=1S/C26H18Cl4N2O4S/c1-14-5-7-16(11-20(14)29)31-24(33)13-36-22-8-6-15(9-21(22)30)10-23-25(34)32(26(35)37-23)12-17-18(27)3-2-4-19(17)28/h2-11H,12-13H2,1H3,(H,31,33)/b23-10-. The monoisotopic (exact) mass is 594 g/mol. The summed E-state index contributed by atoms with van der Waals surface area (Å²) in [6.45, 7) is 1.56. The number of nitrogens with one attached hydrogen (secondary N) is 1. The summed E-state index contributed by atoms with van der Waals surface area (Å²) in [5.74, 6) is -0.556. The zero-order chi connectivity index (χ0) is 26.7. The average molecular weight is 596 g/mol. The first kappa shape index (κ1) is 27.4. The number of aryl methyl sites for hydroxylation is 1. The molecule has 1 N–H and O–H groups in total. The van der Waals surface area contributed by atoms with Crippen LogP contribution in [0.3, 0.4) is 0 Å². The van der Waals surface area contributed by atoms with E-state index in [4.69, 9.17) is 51.1 Å². The Balaban J connectivity index is 1.40. The Morgan fingerprint density at radius 1 is 0.973 bits per heavy atom. The number of hydrogen-bond acceptors (Lipinski definition) is 5. The van der Waals surface area contributed by atoms with E-state index in [1.54, 1.807) is 60.7 Å². The lowest BCUT2D eigenvalue weighted by Crippen LogP contribution is -2.27. The Bertz CT molecular complexity index is 1420. The molecule has 1 aliphatic heterocycles. The number of carbonyl (C=O) groups is 3. The van der Waals surface area contributed by atoms with Gasteiger partial charge in [-0.1, -0.05) is 64.6 Å². The van der Waals surface area contributed by atoms with Crippen molar-refractivity contribution in [2.24, 2.45) is 0 Å². The Kier molecular flexibility index (Phi) is 8.72. The van der Waals surface area contributed by atoms with Crippen LogP contribution in [0.4, 0.5) is 10.5 Å². The third kappa shape index (κ3) is 6.61. The van der Waals surface area contributed by atoms with E-state index in [0.29, 0.717) is 31.9 Å². The molecule has 37 heavy (non-hydrogen) atoms. The molecule has 0 unspecified atom stereocenters. The van der Waals surface area contributed by atoms with Gasteiger partial charge in [-0.05, 0) is 72.3 Å². The van der Waals surface area contributed by atoms with E-state index in [9.17, 15) is 14.4 Å². The summed E-state index contributed by atoms with van der Waals surface area (Å²) in [6, 6.07) is 15.0. The lowest BCUT2D eigenvalue weighted by atomic mass is 10.2. The molecule has 1 saturated heterocycles. The van der Waals surface area contributed by atoms with Crippen LogP contribution in [0.5, 0.6) is 5.75 Å². The minimum absolute atomic E-state index is 0.0368. The molecule has 0 bridgehead atoms. The van der Waals surface area contributed by atoms with Crippen molar-refractivity contribution >= 4 is 87.0 Å². The molecular weight excluding hydrogens is 578 g/mol. The van der Waals surface area contributed by atoms with E-state index in [-0.39, 0.29) is 34.7 Å². The molecule has 0 atom stereocenters. The van der Waals surface area contributed by atoms with Gasteiger partial charge >= 0.3 is 0 Å². The van der Waals surface area contributed by atoms with Gasteiger partial charge in [-0.25, -0.2) is 0 Å². The van der Waals surface area contributed by atoms with Crippen molar-refractivity contribution in [2.45, 2.75) is 13.5 Å². The van der Waals surface area contributed by atoms with E-state index < -0.39 is 11.1 Å². The number of anilines is 1. The molecule has 1 heterocycles. The molecule has 6 nitrogen and oxygen atoms in total. The normalized spacial score (nSPS) is 14.4. The van der Waals surface area contributed by atoms with Crippen LogP contribution >= 0.6 is 58.2 Å². The van der Waals surface area contributed by atoms with E-state index in [1.165, 1.54) is 0 Å². The molecule has 0 spiro atoms. The highest BCUT2D eigenvalue weighted by molar-refractivity contribution is 8.18. The summed E-state index contributed by atoms with van der Waals surface area (Å²) in [4.78, 5) is 38.9. The molecule has 3 amide bonds. The summed E-state index contributed by atoms with van der Waals surface area (Å²) in [5.41, 5.74) is 2.53. The molecule has 3 aromatic carbocycles. The van der Waals surface area contributed by atoms with E-state index in [2.05, 4.69) is 5.32 Å². The molecule has 1 fully saturated rings. The number of benzene rings is 3. The van der Waals surface area contributed by atoms with Crippen molar-refractivity contribution in [1.82, 2.24) is 4.90 Å². The number of carbonyl (C=O) groups excluding carboxylic acids is 3. The highest BCUT2D eigenvalue weighted by atomic mass is 35.5. The van der Waals surface area contributed by atoms with Gasteiger partial charge in [-0.15, -0.1) is 0 Å². The van der Waals surface area contributed by atoms with Gasteiger partial charge < -0.3 is 10.1 Å². The lowest BCUT2D eigenvalue weighted by Gasteiger charge is -2.14. The first-order chi connectivity index (χ1) is 17.6. The van der Waals surface area contributed by atoms with Crippen LogP contribution in [0.15, 0.2) is 59.5 Å². The van der Waals surface area contributed by atoms with Gasteiger partial charge in [0.05, 0.1) is 16.5 Å². The smallest absolute Gasteiger partial charge is 0.293 e. The first-order valence-corrected chi connectivity index (χ1v) is 13.1. The van der Waals surface area contributed by atoms with Crippen molar-refractivity contribution in [3.63, 3.8) is 0 Å². The van der Waals surface area contributed by atoms with Crippen LogP contribution in [0.1, 0.15) is 16.7 Å². The van der Waals surface area contributed by atoms with Gasteiger partial charge in [0.1, 0.15) is 5.75 Å². The minimum atomic E-state index is -0.463. The fraction of sp³-hybridized carbons (Fsp3) is 0.115. The van der Waals surface area contributed by atoms with Gasteiger partial charge in [0.25, 0.3) is 17.1 Å². The zero-order valence-corrected chi connectivity index (χ0v) is 23.0. The number of ether oxygens (including phenoxy) is 1. The zero-order valence-electron chi connectivity index (χ0n) is 19.2. The summed E-state index contributed by atoms with van der Waals surface area (Å²) in [6.07, 6.45) is 1.56. The van der Waals surface area contributed by atoms with Crippen LogP contribution in [0.25, 0.3) is 6.08 Å². The van der Waals surface area contributed by atoms with Crippen molar-refractivity contribution in [3.05, 3.63) is 96.3 Å². The van der Waals surface area contributed by atoms with Crippen molar-refractivity contribution in [2.75, 3.05) is 11.9 Å². The second-order valence-electron chi connectivity index (χ2n) is 7.96. The SMILES string of the molecule is Cc1ccc(NC(=O)COc2ccc(/C=C3\SC(=O)N(Cc4c(Cl)cccc4Cl)C3=O)cc2Cl)cc1Cl. The first-order valence-electron chi connectivity index (χ1n) is 10.8. The summed E-state index contributed by atoms with van der Waals surface area (Å²) >= 11 is 25.6. The van der Waals surface area contributed by atoms with E-state index >= 15 is 0 Å². The number of imide groups is 1. The Labute approximate surface area is 237 Å². The fourth-order valence-electron chi connectivity index (χ4n) is 3.36.